The molecule has 4 aliphatic rings. The number of amidine groups is 1. The summed E-state index contributed by atoms with van der Waals surface area (Å²) < 4.78 is 60.1. The average Bonchev–Trinajstić information content (AvgIpc) is 3.33. The predicted octanol–water partition coefficient (Wildman–Crippen LogP) is -0.829. The van der Waals surface area contributed by atoms with Crippen LogP contribution in [0.5, 0.6) is 0 Å². The van der Waals surface area contributed by atoms with Gasteiger partial charge in [0, 0.05) is 12.1 Å². The van der Waals surface area contributed by atoms with Gasteiger partial charge in [-0.2, -0.15) is 8.42 Å². The molecule has 4 aliphatic heterocycles. The molecule has 1 aromatic rings. The van der Waals surface area contributed by atoms with E-state index in [-0.39, 0.29) is 46.1 Å². The number of amides is 1. The van der Waals surface area contributed by atoms with E-state index in [1.54, 1.807) is 0 Å². The second kappa shape index (κ2) is 6.56. The maximum Gasteiger partial charge on any atom is 0.287 e. The van der Waals surface area contributed by atoms with Crippen molar-refractivity contribution < 1.29 is 31.2 Å². The SMILES string of the molecule is CS(=O)(=O)NCc1csc2c1S(=O)(=O)N=C(C1C(=O)NC3C4CCC(O4)C3C1=O)N2. The van der Waals surface area contributed by atoms with Gasteiger partial charge >= 0.3 is 0 Å². The third-order valence-corrected chi connectivity index (χ3v) is 8.95. The lowest BCUT2D eigenvalue weighted by Crippen LogP contribution is -2.61. The molecular weight excluding hydrogens is 456 g/mol. The van der Waals surface area contributed by atoms with Gasteiger partial charge in [-0.3, -0.25) is 9.59 Å². The maximum absolute atomic E-state index is 13.1. The molecule has 5 heterocycles. The number of nitrogens with one attached hydrogen (secondary N) is 3. The standard InChI is InChI=1S/C16H18N4O7S3/c1-29(23,24)17-4-6-5-28-16-13(6)30(25,26)20-14(19-16)10-12(21)9-7-2-3-8(27-7)11(9)18-15(10)22/h5,7-11,17H,2-4H2,1H3,(H,18,22)(H,19,20). The van der Waals surface area contributed by atoms with Crippen LogP contribution in [0.3, 0.4) is 0 Å². The Kier molecular flexibility index (Phi) is 4.39. The first-order chi connectivity index (χ1) is 14.0. The zero-order valence-electron chi connectivity index (χ0n) is 15.6. The van der Waals surface area contributed by atoms with Gasteiger partial charge in [-0.1, -0.05) is 0 Å². The largest absolute Gasteiger partial charge is 0.372 e. The van der Waals surface area contributed by atoms with E-state index in [1.807, 2.05) is 0 Å². The highest BCUT2D eigenvalue weighted by atomic mass is 32.2. The molecule has 0 aliphatic carbocycles. The molecule has 3 N–H and O–H groups in total. The summed E-state index contributed by atoms with van der Waals surface area (Å²) in [4.78, 5) is 25.6. The van der Waals surface area contributed by atoms with Crippen molar-refractivity contribution in [1.29, 1.82) is 0 Å². The smallest absolute Gasteiger partial charge is 0.287 e. The zero-order chi connectivity index (χ0) is 21.4. The van der Waals surface area contributed by atoms with Crippen molar-refractivity contribution >= 4 is 53.9 Å². The molecule has 1 aromatic heterocycles. The highest BCUT2D eigenvalue weighted by molar-refractivity contribution is 7.91. The first-order valence-electron chi connectivity index (χ1n) is 9.21. The average molecular weight is 475 g/mol. The van der Waals surface area contributed by atoms with Crippen LogP contribution < -0.4 is 15.4 Å². The number of fused-ring (bicyclic) bond motifs is 6. The molecule has 3 fully saturated rings. The number of thiophene rings is 1. The third-order valence-electron chi connectivity index (χ3n) is 5.79. The van der Waals surface area contributed by atoms with Gasteiger partial charge in [0.05, 0.1) is 30.4 Å². The molecule has 5 rings (SSSR count). The summed E-state index contributed by atoms with van der Waals surface area (Å²) in [6.45, 7) is -0.219. The highest BCUT2D eigenvalue weighted by Gasteiger charge is 2.59. The molecule has 0 saturated carbocycles. The van der Waals surface area contributed by atoms with Crippen molar-refractivity contribution in [2.75, 3.05) is 11.6 Å². The topological polar surface area (TPSA) is 160 Å². The van der Waals surface area contributed by atoms with Crippen LogP contribution in [0.1, 0.15) is 18.4 Å². The Bertz CT molecular complexity index is 1200. The minimum absolute atomic E-state index is 0.155. The van der Waals surface area contributed by atoms with E-state index in [1.165, 1.54) is 5.38 Å². The normalized spacial score (nSPS) is 34.0. The third kappa shape index (κ3) is 3.09. The fraction of sp³-hybridized carbons (Fsp3) is 0.562. The second-order valence-corrected chi connectivity index (χ2v) is 12.0. The van der Waals surface area contributed by atoms with Crippen LogP contribution in [0.2, 0.25) is 0 Å². The lowest BCUT2D eigenvalue weighted by Gasteiger charge is -2.36. The van der Waals surface area contributed by atoms with E-state index >= 15 is 0 Å². The van der Waals surface area contributed by atoms with Crippen LogP contribution in [0.4, 0.5) is 5.00 Å². The number of rotatable bonds is 4. The van der Waals surface area contributed by atoms with Crippen molar-refractivity contribution in [3.05, 3.63) is 10.9 Å². The van der Waals surface area contributed by atoms with Gasteiger partial charge in [0.15, 0.2) is 11.7 Å². The molecule has 0 spiro atoms. The van der Waals surface area contributed by atoms with Crippen molar-refractivity contribution in [2.45, 2.75) is 42.5 Å². The number of Topliss-reactive ketones (excluding diaryl/α,β-unsaturated/α-hetero) is 1. The Labute approximate surface area is 176 Å². The number of ketones is 1. The molecule has 162 valence electrons. The van der Waals surface area contributed by atoms with Crippen molar-refractivity contribution in [2.24, 2.45) is 16.2 Å². The van der Waals surface area contributed by atoms with Crippen molar-refractivity contribution in [3.63, 3.8) is 0 Å². The van der Waals surface area contributed by atoms with Crippen LogP contribution in [0.25, 0.3) is 0 Å². The summed E-state index contributed by atoms with van der Waals surface area (Å²) in [6.07, 6.45) is 2.01. The number of carbonyl (C=O) groups is 2. The summed E-state index contributed by atoms with van der Waals surface area (Å²) >= 11 is 1.03. The van der Waals surface area contributed by atoms with Gasteiger partial charge in [-0.05, 0) is 18.2 Å². The Hall–Kier alpha value is -1.87. The highest BCUT2D eigenvalue weighted by Crippen LogP contribution is 2.44. The van der Waals surface area contributed by atoms with Crippen LogP contribution >= 0.6 is 11.3 Å². The van der Waals surface area contributed by atoms with Gasteiger partial charge in [-0.15, -0.1) is 15.7 Å². The van der Waals surface area contributed by atoms with Crippen LogP contribution in [0.15, 0.2) is 14.7 Å². The van der Waals surface area contributed by atoms with E-state index in [2.05, 4.69) is 19.8 Å². The molecule has 3 saturated heterocycles. The molecule has 1 amide bonds. The molecule has 0 radical (unpaired) electrons. The Morgan fingerprint density at radius 2 is 2.03 bits per heavy atom. The molecule has 11 nitrogen and oxygen atoms in total. The minimum Gasteiger partial charge on any atom is -0.372 e. The van der Waals surface area contributed by atoms with Crippen LogP contribution in [-0.4, -0.2) is 58.9 Å². The van der Waals surface area contributed by atoms with Gasteiger partial charge in [0.25, 0.3) is 10.0 Å². The summed E-state index contributed by atoms with van der Waals surface area (Å²) in [5.74, 6) is -3.11. The number of hydrogen-bond acceptors (Lipinski definition) is 9. The number of ether oxygens (including phenoxy) is 1. The van der Waals surface area contributed by atoms with Crippen molar-refractivity contribution in [1.82, 2.24) is 10.0 Å². The molecule has 5 unspecified atom stereocenters. The van der Waals surface area contributed by atoms with Crippen LogP contribution in [-0.2, 0) is 40.9 Å². The van der Waals surface area contributed by atoms with Gasteiger partial charge in [0.2, 0.25) is 15.9 Å². The molecule has 5 atom stereocenters. The summed E-state index contributed by atoms with van der Waals surface area (Å²) in [6, 6.07) is -0.383. The summed E-state index contributed by atoms with van der Waals surface area (Å²) in [5, 5.41) is 7.31. The van der Waals surface area contributed by atoms with E-state index < -0.39 is 43.6 Å². The first kappa shape index (κ1) is 20.1. The van der Waals surface area contributed by atoms with E-state index in [4.69, 9.17) is 4.74 Å². The maximum atomic E-state index is 13.1. The predicted molar refractivity (Wildman–Crippen MR) is 106 cm³/mol. The summed E-state index contributed by atoms with van der Waals surface area (Å²) in [7, 11) is -7.76. The lowest BCUT2D eigenvalue weighted by molar-refractivity contribution is -0.139. The molecular formula is C16H18N4O7S3. The Morgan fingerprint density at radius 3 is 2.77 bits per heavy atom. The molecule has 2 bridgehead atoms. The lowest BCUT2D eigenvalue weighted by atomic mass is 9.74. The van der Waals surface area contributed by atoms with E-state index in [9.17, 15) is 26.4 Å². The number of sulfonamides is 2. The quantitative estimate of drug-likeness (QED) is 0.477. The monoisotopic (exact) mass is 474 g/mol. The number of nitrogens with zero attached hydrogens (tertiary/aromatic N) is 1. The number of anilines is 1. The Morgan fingerprint density at radius 1 is 1.30 bits per heavy atom. The Balaban J connectivity index is 1.46. The fourth-order valence-corrected chi connectivity index (χ4v) is 7.64. The molecule has 30 heavy (non-hydrogen) atoms. The van der Waals surface area contributed by atoms with Gasteiger partial charge in [0.1, 0.15) is 15.7 Å². The van der Waals surface area contributed by atoms with Gasteiger partial charge < -0.3 is 15.4 Å². The summed E-state index contributed by atoms with van der Waals surface area (Å²) in [5.41, 5.74) is 0.233. The second-order valence-electron chi connectivity index (χ2n) is 7.77. The molecule has 0 aromatic carbocycles. The van der Waals surface area contributed by atoms with Crippen molar-refractivity contribution in [3.8, 4) is 0 Å². The zero-order valence-corrected chi connectivity index (χ0v) is 18.1. The minimum atomic E-state index is -4.24. The first-order valence-corrected chi connectivity index (χ1v) is 13.4. The number of hydrogen-bond donors (Lipinski definition) is 3. The fourth-order valence-electron chi connectivity index (χ4n) is 4.57. The van der Waals surface area contributed by atoms with E-state index in [0.29, 0.717) is 0 Å². The van der Waals surface area contributed by atoms with Crippen LogP contribution in [0, 0.1) is 11.8 Å². The van der Waals surface area contributed by atoms with Gasteiger partial charge in [-0.25, -0.2) is 13.1 Å². The number of carbonyl (C=O) groups excluding carboxylic acids is 2. The molecule has 14 heteroatoms. The van der Waals surface area contributed by atoms with E-state index in [0.717, 1.165) is 30.4 Å². The number of piperidine rings is 1.